The number of carbonyl (C=O) groups excluding carboxylic acids is 1. The predicted octanol–water partition coefficient (Wildman–Crippen LogP) is 3.53. The summed E-state index contributed by atoms with van der Waals surface area (Å²) in [7, 11) is 0. The number of aryl methyl sites for hydroxylation is 1. The van der Waals surface area contributed by atoms with Gasteiger partial charge in [-0.25, -0.2) is 4.98 Å². The van der Waals surface area contributed by atoms with Crippen LogP contribution in [0.5, 0.6) is 0 Å². The van der Waals surface area contributed by atoms with E-state index < -0.39 is 0 Å². The molecule has 0 saturated carbocycles. The molecule has 0 unspecified atom stereocenters. The molecule has 0 saturated heterocycles. The van der Waals surface area contributed by atoms with Crippen LogP contribution in [0, 0.1) is 6.92 Å². The Labute approximate surface area is 149 Å². The smallest absolute Gasteiger partial charge is 0.321 e. The van der Waals surface area contributed by atoms with Crippen LogP contribution in [0.1, 0.15) is 12.0 Å². The quantitative estimate of drug-likeness (QED) is 0.701. The maximum atomic E-state index is 11.9. The van der Waals surface area contributed by atoms with E-state index in [-0.39, 0.29) is 18.3 Å². The van der Waals surface area contributed by atoms with Crippen molar-refractivity contribution in [1.82, 2.24) is 15.1 Å². The first-order valence-electron chi connectivity index (χ1n) is 7.66. The molecule has 1 aromatic carbocycles. The molecule has 7 nitrogen and oxygen atoms in total. The van der Waals surface area contributed by atoms with Crippen molar-refractivity contribution in [2.75, 3.05) is 17.2 Å². The number of pyridine rings is 1. The number of nitrogens with zero attached hydrogens (tertiary/aromatic N) is 3. The standard InChI is InChI=1S/C17H16ClN5O2/c1-11-5-6-14(20-10-11)21-15(24)7-8-19-17-22-16(23-25-17)12-3-2-4-13(18)9-12/h2-6,9-10H,7-8H2,1H3,(H,19,22,23)(H,20,21,24). The Hall–Kier alpha value is -2.93. The summed E-state index contributed by atoms with van der Waals surface area (Å²) in [4.78, 5) is 20.2. The van der Waals surface area contributed by atoms with Crippen LogP contribution in [0.3, 0.4) is 0 Å². The maximum Gasteiger partial charge on any atom is 0.321 e. The van der Waals surface area contributed by atoms with Crippen molar-refractivity contribution < 1.29 is 9.32 Å². The van der Waals surface area contributed by atoms with Crippen LogP contribution in [-0.2, 0) is 4.79 Å². The van der Waals surface area contributed by atoms with Crippen LogP contribution in [0.2, 0.25) is 5.02 Å². The Bertz CT molecular complexity index is 863. The van der Waals surface area contributed by atoms with Crippen LogP contribution in [-0.4, -0.2) is 27.6 Å². The fourth-order valence-corrected chi connectivity index (χ4v) is 2.26. The summed E-state index contributed by atoms with van der Waals surface area (Å²) in [6.07, 6.45) is 1.94. The van der Waals surface area contributed by atoms with E-state index in [9.17, 15) is 4.79 Å². The highest BCUT2D eigenvalue weighted by Gasteiger charge is 2.09. The van der Waals surface area contributed by atoms with Gasteiger partial charge >= 0.3 is 6.01 Å². The normalized spacial score (nSPS) is 10.5. The highest BCUT2D eigenvalue weighted by atomic mass is 35.5. The van der Waals surface area contributed by atoms with Gasteiger partial charge in [0.2, 0.25) is 11.7 Å². The lowest BCUT2D eigenvalue weighted by Gasteiger charge is -2.04. The molecule has 25 heavy (non-hydrogen) atoms. The predicted molar refractivity (Wildman–Crippen MR) is 95.5 cm³/mol. The molecule has 0 atom stereocenters. The fourth-order valence-electron chi connectivity index (χ4n) is 2.07. The largest absolute Gasteiger partial charge is 0.337 e. The molecule has 128 valence electrons. The molecule has 8 heteroatoms. The number of aromatic nitrogens is 3. The van der Waals surface area contributed by atoms with Crippen molar-refractivity contribution >= 4 is 29.3 Å². The van der Waals surface area contributed by atoms with E-state index in [0.29, 0.717) is 23.2 Å². The molecule has 0 aliphatic rings. The highest BCUT2D eigenvalue weighted by molar-refractivity contribution is 6.30. The molecule has 1 amide bonds. The summed E-state index contributed by atoms with van der Waals surface area (Å²) in [5, 5.41) is 10.1. The number of rotatable bonds is 6. The van der Waals surface area contributed by atoms with Crippen LogP contribution in [0.15, 0.2) is 47.1 Å². The summed E-state index contributed by atoms with van der Waals surface area (Å²) in [5.41, 5.74) is 1.79. The van der Waals surface area contributed by atoms with Gasteiger partial charge in [-0.3, -0.25) is 4.79 Å². The zero-order valence-electron chi connectivity index (χ0n) is 13.5. The Kier molecular flexibility index (Phi) is 5.25. The van der Waals surface area contributed by atoms with Gasteiger partial charge in [-0.2, -0.15) is 4.98 Å². The molecule has 2 N–H and O–H groups in total. The second kappa shape index (κ2) is 7.76. The third kappa shape index (κ3) is 4.77. The van der Waals surface area contributed by atoms with Crippen LogP contribution in [0.4, 0.5) is 11.8 Å². The molecule has 2 heterocycles. The summed E-state index contributed by atoms with van der Waals surface area (Å²) in [6, 6.07) is 11.1. The lowest BCUT2D eigenvalue weighted by Crippen LogP contribution is -2.17. The number of hydrogen-bond acceptors (Lipinski definition) is 6. The third-order valence-corrected chi connectivity index (χ3v) is 3.55. The van der Waals surface area contributed by atoms with Gasteiger partial charge in [0, 0.05) is 29.7 Å². The van der Waals surface area contributed by atoms with Gasteiger partial charge in [-0.05, 0) is 30.7 Å². The van der Waals surface area contributed by atoms with E-state index in [4.69, 9.17) is 16.1 Å². The summed E-state index contributed by atoms with van der Waals surface area (Å²) in [6.45, 7) is 2.29. The van der Waals surface area contributed by atoms with Crippen molar-refractivity contribution in [1.29, 1.82) is 0 Å². The van der Waals surface area contributed by atoms with Crippen LogP contribution < -0.4 is 10.6 Å². The van der Waals surface area contributed by atoms with Gasteiger partial charge in [0.25, 0.3) is 0 Å². The van der Waals surface area contributed by atoms with Crippen molar-refractivity contribution in [2.24, 2.45) is 0 Å². The van der Waals surface area contributed by atoms with Gasteiger partial charge in [0.15, 0.2) is 0 Å². The number of nitrogens with one attached hydrogen (secondary N) is 2. The van der Waals surface area contributed by atoms with E-state index in [1.807, 2.05) is 25.1 Å². The number of halogens is 1. The topological polar surface area (TPSA) is 92.9 Å². The van der Waals surface area contributed by atoms with Crippen molar-refractivity contribution in [2.45, 2.75) is 13.3 Å². The number of amides is 1. The second-order valence-electron chi connectivity index (χ2n) is 5.38. The molecule has 0 fully saturated rings. The molecule has 2 aromatic heterocycles. The van der Waals surface area contributed by atoms with Crippen LogP contribution >= 0.6 is 11.6 Å². The lowest BCUT2D eigenvalue weighted by atomic mass is 10.2. The van der Waals surface area contributed by atoms with E-state index in [1.54, 1.807) is 24.4 Å². The van der Waals surface area contributed by atoms with Gasteiger partial charge < -0.3 is 15.2 Å². The maximum absolute atomic E-state index is 11.9. The Morgan fingerprint density at radius 1 is 1.28 bits per heavy atom. The number of carbonyl (C=O) groups is 1. The molecular weight excluding hydrogens is 342 g/mol. The summed E-state index contributed by atoms with van der Waals surface area (Å²) >= 11 is 5.94. The van der Waals surface area contributed by atoms with E-state index >= 15 is 0 Å². The zero-order valence-corrected chi connectivity index (χ0v) is 14.2. The van der Waals surface area contributed by atoms with E-state index in [1.165, 1.54) is 0 Å². The first-order valence-corrected chi connectivity index (χ1v) is 8.04. The highest BCUT2D eigenvalue weighted by Crippen LogP contribution is 2.21. The van der Waals surface area contributed by atoms with Crippen molar-refractivity contribution in [3.8, 4) is 11.4 Å². The number of anilines is 2. The minimum Gasteiger partial charge on any atom is -0.337 e. The van der Waals surface area contributed by atoms with Gasteiger partial charge in [0.1, 0.15) is 5.82 Å². The molecule has 0 bridgehead atoms. The first kappa shape index (κ1) is 16.9. The van der Waals surface area contributed by atoms with Crippen LogP contribution in [0.25, 0.3) is 11.4 Å². The molecular formula is C17H16ClN5O2. The molecule has 0 spiro atoms. The minimum absolute atomic E-state index is 0.154. The van der Waals surface area contributed by atoms with E-state index in [2.05, 4.69) is 25.8 Å². The fraction of sp³-hybridized carbons (Fsp3) is 0.176. The molecule has 3 rings (SSSR count). The van der Waals surface area contributed by atoms with Crippen molar-refractivity contribution in [3.63, 3.8) is 0 Å². The minimum atomic E-state index is -0.154. The number of hydrogen-bond donors (Lipinski definition) is 2. The number of benzene rings is 1. The third-order valence-electron chi connectivity index (χ3n) is 3.32. The molecule has 0 radical (unpaired) electrons. The summed E-state index contributed by atoms with van der Waals surface area (Å²) in [5.74, 6) is 0.799. The average Bonchev–Trinajstić information content (AvgIpc) is 3.06. The Morgan fingerprint density at radius 3 is 2.92 bits per heavy atom. The van der Waals surface area contributed by atoms with Crippen molar-refractivity contribution in [3.05, 3.63) is 53.2 Å². The Balaban J connectivity index is 1.49. The molecule has 3 aromatic rings. The second-order valence-corrected chi connectivity index (χ2v) is 5.82. The Morgan fingerprint density at radius 2 is 2.16 bits per heavy atom. The molecule has 0 aliphatic heterocycles. The summed E-state index contributed by atoms with van der Waals surface area (Å²) < 4.78 is 5.11. The lowest BCUT2D eigenvalue weighted by molar-refractivity contribution is -0.116. The molecule has 0 aliphatic carbocycles. The first-order chi connectivity index (χ1) is 12.1. The van der Waals surface area contributed by atoms with E-state index in [0.717, 1.165) is 11.1 Å². The van der Waals surface area contributed by atoms with Gasteiger partial charge in [0.05, 0.1) is 0 Å². The average molecular weight is 358 g/mol. The monoisotopic (exact) mass is 357 g/mol. The zero-order chi connectivity index (χ0) is 17.6. The SMILES string of the molecule is Cc1ccc(NC(=O)CCNc2nc(-c3cccc(Cl)c3)no2)nc1. The van der Waals surface area contributed by atoms with Gasteiger partial charge in [-0.1, -0.05) is 35.0 Å². The van der Waals surface area contributed by atoms with Gasteiger partial charge in [-0.15, -0.1) is 0 Å².